The fourth-order valence-corrected chi connectivity index (χ4v) is 2.37. The average molecular weight is 334 g/mol. The van der Waals surface area contributed by atoms with Gasteiger partial charge in [-0.3, -0.25) is 19.4 Å². The summed E-state index contributed by atoms with van der Waals surface area (Å²) in [7, 11) is 0. The number of nitrogens with zero attached hydrogens (tertiary/aromatic N) is 1. The highest BCUT2D eigenvalue weighted by atomic mass is 16.2. The topological polar surface area (TPSA) is 114 Å². The second-order valence-electron chi connectivity index (χ2n) is 5.20. The van der Waals surface area contributed by atoms with Crippen LogP contribution in [-0.4, -0.2) is 22.7 Å². The molecule has 0 aliphatic carbocycles. The highest BCUT2D eigenvalue weighted by Gasteiger charge is 2.18. The Morgan fingerprint density at radius 3 is 2.20 bits per heavy atom. The van der Waals surface area contributed by atoms with Crippen molar-refractivity contribution in [3.63, 3.8) is 0 Å². The lowest BCUT2D eigenvalue weighted by Gasteiger charge is -2.10. The molecular formula is C18H14N4O3. The number of aromatic nitrogens is 1. The standard InChI is InChI=1S/C18H14N4O3/c19-16(23)12-7-1-2-8-13(12)21-17(24)18(25)22-14-9-3-5-11-6-4-10-20-15(11)14/h1-10H,(H2,19,23)(H,21,24)(H,22,25). The molecule has 0 bridgehead atoms. The second kappa shape index (κ2) is 6.79. The number of primary amides is 1. The van der Waals surface area contributed by atoms with E-state index in [1.54, 1.807) is 36.5 Å². The van der Waals surface area contributed by atoms with E-state index in [1.165, 1.54) is 12.1 Å². The number of para-hydroxylation sites is 2. The molecule has 2 aromatic carbocycles. The normalized spacial score (nSPS) is 10.2. The van der Waals surface area contributed by atoms with Crippen LogP contribution in [0.1, 0.15) is 10.4 Å². The van der Waals surface area contributed by atoms with Gasteiger partial charge < -0.3 is 16.4 Å². The van der Waals surface area contributed by atoms with Crippen molar-refractivity contribution in [1.29, 1.82) is 0 Å². The highest BCUT2D eigenvalue weighted by molar-refractivity contribution is 6.44. The number of hydrogen-bond donors (Lipinski definition) is 3. The van der Waals surface area contributed by atoms with E-state index in [9.17, 15) is 14.4 Å². The maximum atomic E-state index is 12.2. The number of rotatable bonds is 3. The maximum absolute atomic E-state index is 12.2. The quantitative estimate of drug-likeness (QED) is 0.635. The first-order chi connectivity index (χ1) is 12.1. The van der Waals surface area contributed by atoms with Crippen molar-refractivity contribution >= 4 is 40.0 Å². The number of carbonyl (C=O) groups is 3. The monoisotopic (exact) mass is 334 g/mol. The Bertz CT molecular complexity index is 979. The van der Waals surface area contributed by atoms with E-state index in [0.717, 1.165) is 5.39 Å². The van der Waals surface area contributed by atoms with E-state index in [1.807, 2.05) is 12.1 Å². The van der Waals surface area contributed by atoms with Gasteiger partial charge in [-0.1, -0.05) is 30.3 Å². The molecular weight excluding hydrogens is 320 g/mol. The molecule has 0 saturated carbocycles. The Kier molecular flexibility index (Phi) is 4.38. The van der Waals surface area contributed by atoms with Gasteiger partial charge in [0.25, 0.3) is 5.91 Å². The minimum absolute atomic E-state index is 0.121. The van der Waals surface area contributed by atoms with E-state index in [0.29, 0.717) is 11.2 Å². The van der Waals surface area contributed by atoms with Crippen molar-refractivity contribution in [1.82, 2.24) is 4.98 Å². The van der Waals surface area contributed by atoms with Gasteiger partial charge >= 0.3 is 11.8 Å². The molecule has 25 heavy (non-hydrogen) atoms. The van der Waals surface area contributed by atoms with Gasteiger partial charge in [-0.2, -0.15) is 0 Å². The van der Waals surface area contributed by atoms with Crippen LogP contribution in [0.2, 0.25) is 0 Å². The Hall–Kier alpha value is -3.74. The molecule has 0 radical (unpaired) electrons. The van der Waals surface area contributed by atoms with Crippen molar-refractivity contribution < 1.29 is 14.4 Å². The number of amides is 3. The zero-order chi connectivity index (χ0) is 17.8. The zero-order valence-corrected chi connectivity index (χ0v) is 13.0. The van der Waals surface area contributed by atoms with Crippen LogP contribution in [0.3, 0.4) is 0 Å². The van der Waals surface area contributed by atoms with Crippen molar-refractivity contribution in [3.8, 4) is 0 Å². The van der Waals surface area contributed by atoms with Crippen LogP contribution in [0.15, 0.2) is 60.8 Å². The molecule has 0 fully saturated rings. The van der Waals surface area contributed by atoms with E-state index in [4.69, 9.17) is 5.73 Å². The van der Waals surface area contributed by atoms with Crippen LogP contribution in [0.25, 0.3) is 10.9 Å². The number of carbonyl (C=O) groups excluding carboxylic acids is 3. The Balaban J connectivity index is 1.80. The van der Waals surface area contributed by atoms with Crippen LogP contribution >= 0.6 is 0 Å². The Labute approximate surface area is 142 Å². The number of nitrogens with two attached hydrogens (primary N) is 1. The summed E-state index contributed by atoms with van der Waals surface area (Å²) in [5.41, 5.74) is 6.54. The van der Waals surface area contributed by atoms with Crippen LogP contribution in [0.4, 0.5) is 11.4 Å². The van der Waals surface area contributed by atoms with Gasteiger partial charge in [0, 0.05) is 11.6 Å². The summed E-state index contributed by atoms with van der Waals surface area (Å²) < 4.78 is 0. The smallest absolute Gasteiger partial charge is 0.314 e. The van der Waals surface area contributed by atoms with Crippen LogP contribution in [0, 0.1) is 0 Å². The molecule has 1 heterocycles. The van der Waals surface area contributed by atoms with Crippen LogP contribution in [0.5, 0.6) is 0 Å². The van der Waals surface area contributed by atoms with Crippen molar-refractivity contribution in [2.45, 2.75) is 0 Å². The van der Waals surface area contributed by atoms with Crippen molar-refractivity contribution in [2.24, 2.45) is 5.73 Å². The van der Waals surface area contributed by atoms with Gasteiger partial charge in [-0.25, -0.2) is 0 Å². The lowest BCUT2D eigenvalue weighted by Crippen LogP contribution is -2.30. The molecule has 7 nitrogen and oxygen atoms in total. The number of nitrogens with one attached hydrogen (secondary N) is 2. The number of hydrogen-bond acceptors (Lipinski definition) is 4. The van der Waals surface area contributed by atoms with Gasteiger partial charge in [0.05, 0.1) is 22.5 Å². The molecule has 3 aromatic rings. The summed E-state index contributed by atoms with van der Waals surface area (Å²) in [5, 5.41) is 5.74. The molecule has 124 valence electrons. The molecule has 0 unspecified atom stereocenters. The fourth-order valence-electron chi connectivity index (χ4n) is 2.37. The second-order valence-corrected chi connectivity index (χ2v) is 5.20. The molecule has 0 aliphatic heterocycles. The van der Waals surface area contributed by atoms with Gasteiger partial charge in [-0.05, 0) is 24.3 Å². The maximum Gasteiger partial charge on any atom is 0.314 e. The summed E-state index contributed by atoms with van der Waals surface area (Å²) >= 11 is 0. The van der Waals surface area contributed by atoms with Gasteiger partial charge in [-0.15, -0.1) is 0 Å². The lowest BCUT2D eigenvalue weighted by molar-refractivity contribution is -0.132. The number of anilines is 2. The first-order valence-electron chi connectivity index (χ1n) is 7.41. The molecule has 0 aliphatic rings. The predicted octanol–water partition coefficient (Wildman–Crippen LogP) is 1.91. The number of fused-ring (bicyclic) bond motifs is 1. The average Bonchev–Trinajstić information content (AvgIpc) is 2.62. The summed E-state index contributed by atoms with van der Waals surface area (Å²) in [5.74, 6) is -2.49. The largest absolute Gasteiger partial charge is 0.366 e. The summed E-state index contributed by atoms with van der Waals surface area (Å²) in [6, 6.07) is 15.1. The molecule has 1 aromatic heterocycles. The van der Waals surface area contributed by atoms with E-state index < -0.39 is 17.7 Å². The Morgan fingerprint density at radius 1 is 0.800 bits per heavy atom. The molecule has 0 spiro atoms. The first kappa shape index (κ1) is 16.1. The summed E-state index contributed by atoms with van der Waals surface area (Å²) in [4.78, 5) is 39.9. The highest BCUT2D eigenvalue weighted by Crippen LogP contribution is 2.20. The molecule has 0 atom stereocenters. The fraction of sp³-hybridized carbons (Fsp3) is 0. The molecule has 3 rings (SSSR count). The minimum atomic E-state index is -0.915. The number of pyridine rings is 1. The summed E-state index contributed by atoms with van der Waals surface area (Å²) in [6.45, 7) is 0. The molecule has 3 amide bonds. The SMILES string of the molecule is NC(=O)c1ccccc1NC(=O)C(=O)Nc1cccc2cccnc12. The first-order valence-corrected chi connectivity index (χ1v) is 7.41. The summed E-state index contributed by atoms with van der Waals surface area (Å²) in [6.07, 6.45) is 1.60. The van der Waals surface area contributed by atoms with Crippen LogP contribution < -0.4 is 16.4 Å². The molecule has 4 N–H and O–H groups in total. The third kappa shape index (κ3) is 3.45. The van der Waals surface area contributed by atoms with E-state index in [2.05, 4.69) is 15.6 Å². The van der Waals surface area contributed by atoms with Crippen molar-refractivity contribution in [3.05, 3.63) is 66.4 Å². The molecule has 7 heteroatoms. The molecule has 0 saturated heterocycles. The van der Waals surface area contributed by atoms with Gasteiger partial charge in [0.15, 0.2) is 0 Å². The van der Waals surface area contributed by atoms with Crippen molar-refractivity contribution in [2.75, 3.05) is 10.6 Å². The van der Waals surface area contributed by atoms with E-state index >= 15 is 0 Å². The predicted molar refractivity (Wildman–Crippen MR) is 94.0 cm³/mol. The third-order valence-electron chi connectivity index (χ3n) is 3.53. The van der Waals surface area contributed by atoms with Gasteiger partial charge in [0.1, 0.15) is 0 Å². The van der Waals surface area contributed by atoms with Gasteiger partial charge in [0.2, 0.25) is 0 Å². The minimum Gasteiger partial charge on any atom is -0.366 e. The Morgan fingerprint density at radius 2 is 1.44 bits per heavy atom. The van der Waals surface area contributed by atoms with E-state index in [-0.39, 0.29) is 11.3 Å². The zero-order valence-electron chi connectivity index (χ0n) is 13.0. The van der Waals surface area contributed by atoms with Crippen LogP contribution in [-0.2, 0) is 9.59 Å². The lowest BCUT2D eigenvalue weighted by atomic mass is 10.1. The third-order valence-corrected chi connectivity index (χ3v) is 3.53. The number of benzene rings is 2.